The summed E-state index contributed by atoms with van der Waals surface area (Å²) < 4.78 is 74.8. The highest BCUT2D eigenvalue weighted by Gasteiger charge is 2.53. The quantitative estimate of drug-likeness (QED) is 0.0219. The van der Waals surface area contributed by atoms with Gasteiger partial charge in [0.15, 0.2) is 5.78 Å². The van der Waals surface area contributed by atoms with Crippen molar-refractivity contribution in [2.24, 2.45) is 35.5 Å². The molecule has 2 unspecified atom stereocenters. The van der Waals surface area contributed by atoms with E-state index in [1.807, 2.05) is 65.0 Å². The molecule has 23 heteroatoms. The van der Waals surface area contributed by atoms with Crippen molar-refractivity contribution in [1.82, 2.24) is 10.2 Å². The van der Waals surface area contributed by atoms with Gasteiger partial charge in [0.05, 0.1) is 104 Å². The van der Waals surface area contributed by atoms with Gasteiger partial charge in [-0.25, -0.2) is 4.79 Å². The van der Waals surface area contributed by atoms with Crippen LogP contribution in [0.4, 0.5) is 0 Å². The fourth-order valence-electron chi connectivity index (χ4n) is 12.1. The summed E-state index contributed by atoms with van der Waals surface area (Å²) in [7, 11) is 4.58. The number of aliphatic hydroxyl groups excluding tert-OH is 1. The highest BCUT2D eigenvalue weighted by atomic mass is 32.1. The molecule has 3 N–H and O–H groups in total. The summed E-state index contributed by atoms with van der Waals surface area (Å²) >= 11 is 5.58. The number of thiocarbonyl (C=S) groups is 1. The van der Waals surface area contributed by atoms with Crippen LogP contribution in [0.15, 0.2) is 47.6 Å². The number of ether oxygens (including phenoxy) is 13. The molecule has 0 aromatic heterocycles. The first-order valence-electron chi connectivity index (χ1n) is 33.2. The van der Waals surface area contributed by atoms with Gasteiger partial charge in [-0.3, -0.25) is 19.2 Å². The second-order valence-corrected chi connectivity index (χ2v) is 25.1. The highest BCUT2D eigenvalue weighted by molar-refractivity contribution is 7.80. The number of rotatable bonds is 29. The van der Waals surface area contributed by atoms with E-state index in [-0.39, 0.29) is 66.1 Å². The number of fused-ring (bicyclic) bond motifs is 3. The topological polar surface area (TPSA) is 261 Å². The predicted octanol–water partition coefficient (Wildman–Crippen LogP) is 7.22. The van der Waals surface area contributed by atoms with Crippen LogP contribution in [0, 0.1) is 35.5 Å². The van der Waals surface area contributed by atoms with Crippen molar-refractivity contribution in [3.05, 3.63) is 47.6 Å². The third kappa shape index (κ3) is 27.8. The summed E-state index contributed by atoms with van der Waals surface area (Å²) in [6, 6.07) is -1.18. The number of amides is 1. The number of carbonyl (C=O) groups is 5. The minimum Gasteiger partial charge on any atom is -0.465 e. The second kappa shape index (κ2) is 43.9. The van der Waals surface area contributed by atoms with Crippen LogP contribution in [0.25, 0.3) is 0 Å². The molecule has 1 amide bonds. The normalized spacial score (nSPS) is 32.2. The average Bonchev–Trinajstić information content (AvgIpc) is 1.05. The van der Waals surface area contributed by atoms with Gasteiger partial charge in [0.2, 0.25) is 5.79 Å². The number of esters is 1. The molecule has 0 aromatic carbocycles. The van der Waals surface area contributed by atoms with Crippen molar-refractivity contribution < 1.29 is 95.8 Å². The van der Waals surface area contributed by atoms with E-state index in [0.717, 1.165) is 12.0 Å². The fraction of sp³-hybridized carbons (Fsp3) is 0.794. The molecule has 0 radical (unpaired) electrons. The van der Waals surface area contributed by atoms with Crippen molar-refractivity contribution in [1.29, 1.82) is 0 Å². The van der Waals surface area contributed by atoms with E-state index in [1.54, 1.807) is 41.1 Å². The van der Waals surface area contributed by atoms with Crippen molar-refractivity contribution in [3.63, 3.8) is 0 Å². The molecular formula is C68H112N2O20S. The van der Waals surface area contributed by atoms with Crippen LogP contribution in [-0.4, -0.2) is 231 Å². The Kier molecular flexibility index (Phi) is 38.4. The Morgan fingerprint density at radius 3 is 1.93 bits per heavy atom. The molecule has 520 valence electrons. The van der Waals surface area contributed by atoms with E-state index >= 15 is 0 Å². The summed E-state index contributed by atoms with van der Waals surface area (Å²) in [6.07, 6.45) is 11.2. The van der Waals surface area contributed by atoms with Gasteiger partial charge in [-0.2, -0.15) is 0 Å². The molecule has 15 atom stereocenters. The zero-order valence-corrected chi connectivity index (χ0v) is 57.3. The molecule has 3 fully saturated rings. The molecular weight excluding hydrogens is 1200 g/mol. The zero-order chi connectivity index (χ0) is 66.7. The lowest BCUT2D eigenvalue weighted by Crippen LogP contribution is -2.61. The summed E-state index contributed by atoms with van der Waals surface area (Å²) in [4.78, 5) is 73.1. The van der Waals surface area contributed by atoms with Crippen LogP contribution in [0.1, 0.15) is 132 Å². The predicted molar refractivity (Wildman–Crippen MR) is 346 cm³/mol. The number of hydrogen-bond donors (Lipinski definition) is 3. The van der Waals surface area contributed by atoms with Crippen molar-refractivity contribution in [2.75, 3.05) is 127 Å². The first kappa shape index (κ1) is 79.5. The summed E-state index contributed by atoms with van der Waals surface area (Å²) in [5, 5.41) is 27.0. The van der Waals surface area contributed by atoms with Crippen LogP contribution in [0.5, 0.6) is 0 Å². The van der Waals surface area contributed by atoms with Crippen LogP contribution < -0.4 is 5.32 Å². The molecule has 4 aliphatic rings. The van der Waals surface area contributed by atoms with E-state index in [9.17, 15) is 34.2 Å². The van der Waals surface area contributed by atoms with Crippen molar-refractivity contribution >= 4 is 46.6 Å². The zero-order valence-electron chi connectivity index (χ0n) is 56.4. The number of carbonyl (C=O) groups excluding carboxylic acids is 5. The lowest BCUT2D eigenvalue weighted by molar-refractivity contribution is -0.265. The van der Waals surface area contributed by atoms with Crippen molar-refractivity contribution in [2.45, 2.75) is 187 Å². The maximum Gasteiger partial charge on any atom is 0.329 e. The third-order valence-corrected chi connectivity index (χ3v) is 17.9. The van der Waals surface area contributed by atoms with Crippen LogP contribution in [-0.2, 0) is 85.6 Å². The maximum absolute atomic E-state index is 14.7. The number of nitrogens with one attached hydrogen (secondary N) is 1. The van der Waals surface area contributed by atoms with E-state index in [2.05, 4.69) is 5.32 Å². The fourth-order valence-corrected chi connectivity index (χ4v) is 12.3. The Bertz CT molecular complexity index is 2300. The monoisotopic (exact) mass is 1310 g/mol. The molecule has 2 saturated heterocycles. The number of allylic oxidation sites excluding steroid dienone is 6. The number of Topliss-reactive ketones (excluding diaryl/α,β-unsaturated/α-hetero) is 3. The molecule has 1 saturated carbocycles. The lowest BCUT2D eigenvalue weighted by Gasteiger charge is -2.42. The van der Waals surface area contributed by atoms with E-state index in [4.69, 9.17) is 73.8 Å². The Morgan fingerprint density at radius 1 is 0.725 bits per heavy atom. The van der Waals surface area contributed by atoms with E-state index in [0.29, 0.717) is 162 Å². The van der Waals surface area contributed by atoms with Gasteiger partial charge >= 0.3 is 5.97 Å². The number of nitrogens with zero attached hydrogens (tertiary/aromatic N) is 1. The van der Waals surface area contributed by atoms with Gasteiger partial charge in [0.1, 0.15) is 36.2 Å². The molecule has 0 aromatic rings. The summed E-state index contributed by atoms with van der Waals surface area (Å²) in [5.41, 5.74) is 1.24. The lowest BCUT2D eigenvalue weighted by atomic mass is 9.78. The Hall–Kier alpha value is -3.92. The van der Waals surface area contributed by atoms with Crippen molar-refractivity contribution in [3.8, 4) is 0 Å². The molecule has 3 heterocycles. The minimum atomic E-state index is -2.46. The molecule has 2 bridgehead atoms. The van der Waals surface area contributed by atoms with Gasteiger partial charge in [-0.05, 0) is 126 Å². The smallest absolute Gasteiger partial charge is 0.329 e. The highest BCUT2D eigenvalue weighted by Crippen LogP contribution is 2.38. The molecule has 3 aliphatic heterocycles. The Labute approximate surface area is 547 Å². The number of piperidine rings is 1. The van der Waals surface area contributed by atoms with E-state index < -0.39 is 77.8 Å². The number of aliphatic hydroxyl groups is 2. The summed E-state index contributed by atoms with van der Waals surface area (Å²) in [6.45, 7) is 21.9. The maximum atomic E-state index is 14.7. The largest absolute Gasteiger partial charge is 0.465 e. The number of methoxy groups -OCH3 is 3. The van der Waals surface area contributed by atoms with Gasteiger partial charge in [-0.15, -0.1) is 0 Å². The first-order chi connectivity index (χ1) is 43.7. The molecule has 91 heavy (non-hydrogen) atoms. The number of ketones is 3. The molecule has 22 nitrogen and oxygen atoms in total. The number of hydrogen-bond acceptors (Lipinski definition) is 21. The van der Waals surface area contributed by atoms with Crippen LogP contribution >= 0.6 is 12.2 Å². The number of cyclic esters (lactones) is 1. The molecule has 0 spiro atoms. The minimum absolute atomic E-state index is 0.00106. The van der Waals surface area contributed by atoms with Crippen LogP contribution in [0.2, 0.25) is 0 Å². The molecule has 4 rings (SSSR count). The SMILES string of the molecule is CCOCCOCCOCCOCCOCCOCCOCCNC(=S)O[C@@H]1CC[C@@H](C[C@@H](C)[C@@H]2CC(=O)[C@H](C)/C=C(\C)[C@@H](O)[C@@H](OC)C(=O)C(C)C[C@H](C)/C=C/C=C/C=C(\C)C(OC)C[C@@H]3CC[C@@H](C)[C@@](O)(O3)C(=O)C(=O)N3CCCC[C@H]3C(=O)O2)C[C@H]1OC. The van der Waals surface area contributed by atoms with Gasteiger partial charge in [0, 0.05) is 71.6 Å². The third-order valence-electron chi connectivity index (χ3n) is 17.7. The second-order valence-electron chi connectivity index (χ2n) is 24.8. The van der Waals surface area contributed by atoms with Gasteiger partial charge in [0.25, 0.3) is 16.9 Å². The first-order valence-corrected chi connectivity index (χ1v) is 33.6. The van der Waals surface area contributed by atoms with Crippen LogP contribution in [0.3, 0.4) is 0 Å². The van der Waals surface area contributed by atoms with Gasteiger partial charge in [-0.1, -0.05) is 71.1 Å². The Balaban J connectivity index is 1.38. The Morgan fingerprint density at radius 2 is 1.34 bits per heavy atom. The molecule has 1 aliphatic carbocycles. The van der Waals surface area contributed by atoms with E-state index in [1.165, 1.54) is 12.0 Å². The van der Waals surface area contributed by atoms with Gasteiger partial charge < -0.3 is 82.0 Å². The average molecular weight is 1310 g/mol. The standard InChI is InChI=1S/C68H112N2O20S/c1-12-81-28-29-83-32-33-85-36-37-87-39-38-86-35-34-84-31-30-82-27-25-69-67(91)89-57-24-22-53(43-60(57)79-10)42-49(5)59-45-56(71)48(4)41-51(7)62(73)63(80-11)61(72)50(6)40-46(2)18-14-13-15-19-47(3)58(78-9)44-54-23-21-52(8)68(77,90-54)64(74)65(75)70-26-17-16-20-55(70)66(76)88-59/h13-15,18-19,41,46,48-50,52-55,57-60,62-63,73,77H,12,16-17,20-40,42-45H2,1-11H3,(H,69,91)/b15-13+,18-14+,47-19+,51-41+/t46-,48-,49-,50?,52-,53+,54+,55+,57-,58?,59+,60-,62-,63+,68-/m1/s1. The summed E-state index contributed by atoms with van der Waals surface area (Å²) in [5.74, 6) is -8.27.